The molecule has 0 fully saturated rings. The van der Waals surface area contributed by atoms with Gasteiger partial charge in [0.25, 0.3) is 0 Å². The van der Waals surface area contributed by atoms with E-state index < -0.39 is 0 Å². The normalized spacial score (nSPS) is 11.0. The third-order valence-electron chi connectivity index (χ3n) is 2.05. The molecule has 0 radical (unpaired) electrons. The zero-order chi connectivity index (χ0) is 10.7. The molecule has 0 saturated heterocycles. The molecule has 76 valence electrons. The van der Waals surface area contributed by atoms with Gasteiger partial charge in [-0.2, -0.15) is 0 Å². The Balaban J connectivity index is 2.13. The molecule has 0 N–H and O–H groups in total. The Morgan fingerprint density at radius 3 is 2.93 bits per heavy atom. The quantitative estimate of drug-likeness (QED) is 0.582. The molecular weight excluding hydrogens is 208 g/mol. The minimum absolute atomic E-state index is 0.104. The average molecular weight is 218 g/mol. The SMILES string of the molecule is Cc1ccsc1/C=C/C(=O)c1ccco1. The summed E-state index contributed by atoms with van der Waals surface area (Å²) in [6.45, 7) is 2.02. The van der Waals surface area contributed by atoms with E-state index in [4.69, 9.17) is 4.42 Å². The number of ketones is 1. The molecule has 0 unspecified atom stereocenters. The molecule has 0 saturated carbocycles. The number of hydrogen-bond acceptors (Lipinski definition) is 3. The molecule has 0 aliphatic heterocycles. The van der Waals surface area contributed by atoms with Gasteiger partial charge in [-0.1, -0.05) is 0 Å². The van der Waals surface area contributed by atoms with Crippen molar-refractivity contribution in [3.05, 3.63) is 52.1 Å². The van der Waals surface area contributed by atoms with Crippen molar-refractivity contribution in [2.75, 3.05) is 0 Å². The second-order valence-corrected chi connectivity index (χ2v) is 4.09. The summed E-state index contributed by atoms with van der Waals surface area (Å²) in [5.41, 5.74) is 1.18. The largest absolute Gasteiger partial charge is 0.461 e. The van der Waals surface area contributed by atoms with E-state index in [-0.39, 0.29) is 5.78 Å². The number of carbonyl (C=O) groups excluding carboxylic acids is 1. The van der Waals surface area contributed by atoms with E-state index in [0.29, 0.717) is 5.76 Å². The van der Waals surface area contributed by atoms with Crippen LogP contribution in [0.1, 0.15) is 21.0 Å². The lowest BCUT2D eigenvalue weighted by Crippen LogP contribution is -1.89. The summed E-state index contributed by atoms with van der Waals surface area (Å²) in [6, 6.07) is 5.40. The minimum atomic E-state index is -0.104. The van der Waals surface area contributed by atoms with Crippen LogP contribution in [0.2, 0.25) is 0 Å². The first kappa shape index (κ1) is 9.93. The molecule has 2 aromatic heterocycles. The van der Waals surface area contributed by atoms with Crippen LogP contribution < -0.4 is 0 Å². The van der Waals surface area contributed by atoms with Gasteiger partial charge in [0.2, 0.25) is 5.78 Å². The monoisotopic (exact) mass is 218 g/mol. The maximum absolute atomic E-state index is 11.5. The van der Waals surface area contributed by atoms with Gasteiger partial charge in [-0.25, -0.2) is 0 Å². The van der Waals surface area contributed by atoms with Crippen molar-refractivity contribution in [2.24, 2.45) is 0 Å². The summed E-state index contributed by atoms with van der Waals surface area (Å²) < 4.78 is 5.00. The minimum Gasteiger partial charge on any atom is -0.461 e. The van der Waals surface area contributed by atoms with Crippen molar-refractivity contribution in [3.8, 4) is 0 Å². The Bertz CT molecular complexity index is 477. The molecule has 2 aromatic rings. The van der Waals surface area contributed by atoms with Crippen molar-refractivity contribution >= 4 is 23.2 Å². The Morgan fingerprint density at radius 2 is 2.33 bits per heavy atom. The number of rotatable bonds is 3. The van der Waals surface area contributed by atoms with Gasteiger partial charge < -0.3 is 4.42 Å². The average Bonchev–Trinajstić information content (AvgIpc) is 2.85. The van der Waals surface area contributed by atoms with Gasteiger partial charge in [-0.3, -0.25) is 4.79 Å². The van der Waals surface area contributed by atoms with E-state index >= 15 is 0 Å². The lowest BCUT2D eigenvalue weighted by molar-refractivity contribution is 0.102. The zero-order valence-electron chi connectivity index (χ0n) is 8.27. The molecular formula is C12H10O2S. The molecule has 0 aliphatic carbocycles. The zero-order valence-corrected chi connectivity index (χ0v) is 9.08. The van der Waals surface area contributed by atoms with Crippen molar-refractivity contribution in [3.63, 3.8) is 0 Å². The van der Waals surface area contributed by atoms with Crippen LogP contribution in [0.4, 0.5) is 0 Å². The van der Waals surface area contributed by atoms with Gasteiger partial charge >= 0.3 is 0 Å². The molecule has 15 heavy (non-hydrogen) atoms. The smallest absolute Gasteiger partial charge is 0.221 e. The van der Waals surface area contributed by atoms with E-state index in [0.717, 1.165) is 4.88 Å². The van der Waals surface area contributed by atoms with Crippen LogP contribution in [0.25, 0.3) is 6.08 Å². The number of carbonyl (C=O) groups is 1. The maximum Gasteiger partial charge on any atom is 0.221 e. The van der Waals surface area contributed by atoms with E-state index in [1.165, 1.54) is 17.9 Å². The molecule has 0 aliphatic rings. The van der Waals surface area contributed by atoms with Crippen LogP contribution in [0.15, 0.2) is 40.3 Å². The fraction of sp³-hybridized carbons (Fsp3) is 0.0833. The highest BCUT2D eigenvalue weighted by Gasteiger charge is 2.04. The first-order valence-electron chi connectivity index (χ1n) is 4.57. The highest BCUT2D eigenvalue weighted by atomic mass is 32.1. The van der Waals surface area contributed by atoms with Crippen molar-refractivity contribution in [2.45, 2.75) is 6.92 Å². The molecule has 0 amide bonds. The molecule has 0 aromatic carbocycles. The summed E-state index contributed by atoms with van der Waals surface area (Å²) >= 11 is 1.62. The molecule has 0 atom stereocenters. The number of furan rings is 1. The Morgan fingerprint density at radius 1 is 1.47 bits per heavy atom. The third-order valence-corrected chi connectivity index (χ3v) is 3.04. The molecule has 3 heteroatoms. The highest BCUT2D eigenvalue weighted by Crippen LogP contribution is 2.17. The van der Waals surface area contributed by atoms with Crippen molar-refractivity contribution in [1.82, 2.24) is 0 Å². The topological polar surface area (TPSA) is 30.2 Å². The highest BCUT2D eigenvalue weighted by molar-refractivity contribution is 7.11. The van der Waals surface area contributed by atoms with Gasteiger partial charge in [-0.05, 0) is 48.2 Å². The Hall–Kier alpha value is -1.61. The summed E-state index contributed by atoms with van der Waals surface area (Å²) in [4.78, 5) is 12.6. The molecule has 2 nitrogen and oxygen atoms in total. The standard InChI is InChI=1S/C12H10O2S/c1-9-6-8-15-12(9)5-4-10(13)11-3-2-7-14-11/h2-8H,1H3/b5-4+. The first-order valence-corrected chi connectivity index (χ1v) is 5.45. The molecule has 0 bridgehead atoms. The van der Waals surface area contributed by atoms with Crippen LogP contribution >= 0.6 is 11.3 Å². The van der Waals surface area contributed by atoms with E-state index in [1.807, 2.05) is 24.4 Å². The second-order valence-electron chi connectivity index (χ2n) is 3.14. The van der Waals surface area contributed by atoms with Crippen LogP contribution in [0.3, 0.4) is 0 Å². The van der Waals surface area contributed by atoms with Gasteiger partial charge in [-0.15, -0.1) is 11.3 Å². The summed E-state index contributed by atoms with van der Waals surface area (Å²) in [5, 5.41) is 2.01. The van der Waals surface area contributed by atoms with Crippen LogP contribution in [-0.4, -0.2) is 5.78 Å². The number of hydrogen-bond donors (Lipinski definition) is 0. The Kier molecular flexibility index (Phi) is 2.83. The van der Waals surface area contributed by atoms with Crippen LogP contribution in [-0.2, 0) is 0 Å². The second kappa shape index (κ2) is 4.28. The summed E-state index contributed by atoms with van der Waals surface area (Å²) in [5.74, 6) is 0.272. The Labute approximate surface area is 91.9 Å². The van der Waals surface area contributed by atoms with Gasteiger partial charge in [0.1, 0.15) is 0 Å². The molecule has 2 heterocycles. The van der Waals surface area contributed by atoms with Crippen LogP contribution in [0.5, 0.6) is 0 Å². The molecule has 0 spiro atoms. The summed E-state index contributed by atoms with van der Waals surface area (Å²) in [7, 11) is 0. The van der Waals surface area contributed by atoms with Gasteiger partial charge in [0, 0.05) is 4.88 Å². The maximum atomic E-state index is 11.5. The van der Waals surface area contributed by atoms with Crippen molar-refractivity contribution < 1.29 is 9.21 Å². The van der Waals surface area contributed by atoms with Gasteiger partial charge in [0.15, 0.2) is 5.76 Å². The summed E-state index contributed by atoms with van der Waals surface area (Å²) in [6.07, 6.45) is 4.86. The fourth-order valence-corrected chi connectivity index (χ4v) is 2.03. The number of aryl methyl sites for hydroxylation is 1. The predicted octanol–water partition coefficient (Wildman–Crippen LogP) is 3.55. The predicted molar refractivity (Wildman–Crippen MR) is 61.1 cm³/mol. The lowest BCUT2D eigenvalue weighted by Gasteiger charge is -1.89. The lowest BCUT2D eigenvalue weighted by atomic mass is 10.2. The van der Waals surface area contributed by atoms with Gasteiger partial charge in [0.05, 0.1) is 6.26 Å². The first-order chi connectivity index (χ1) is 7.27. The van der Waals surface area contributed by atoms with Crippen molar-refractivity contribution in [1.29, 1.82) is 0 Å². The van der Waals surface area contributed by atoms with E-state index in [1.54, 1.807) is 23.5 Å². The van der Waals surface area contributed by atoms with E-state index in [9.17, 15) is 4.79 Å². The van der Waals surface area contributed by atoms with Crippen LogP contribution in [0, 0.1) is 6.92 Å². The number of thiophene rings is 1. The fourth-order valence-electron chi connectivity index (χ4n) is 1.21. The van der Waals surface area contributed by atoms with E-state index in [2.05, 4.69) is 0 Å². The third kappa shape index (κ3) is 2.25. The number of allylic oxidation sites excluding steroid dienone is 1. The molecule has 2 rings (SSSR count).